The SMILES string of the molecule is CN(Cc1ncn[nH]1)C(=O)C1(C)Cc2ccccc2C(=O)O1. The number of rotatable bonds is 3. The second-order valence-electron chi connectivity index (χ2n) is 5.55. The molecule has 1 aliphatic rings. The number of amides is 1. The number of hydrogen-bond donors (Lipinski definition) is 1. The van der Waals surface area contributed by atoms with E-state index in [1.807, 2.05) is 12.1 Å². The van der Waals surface area contributed by atoms with Crippen LogP contribution >= 0.6 is 0 Å². The number of H-pyrrole nitrogens is 1. The average Bonchev–Trinajstić information content (AvgIpc) is 2.99. The van der Waals surface area contributed by atoms with E-state index >= 15 is 0 Å². The van der Waals surface area contributed by atoms with Gasteiger partial charge in [0.05, 0.1) is 12.1 Å². The standard InChI is InChI=1S/C15H16N4O3/c1-15(14(21)19(2)8-12-16-9-17-18-12)7-10-5-3-4-6-11(10)13(20)22-15/h3-6,9H,7-8H2,1-2H3,(H,16,17,18). The fourth-order valence-electron chi connectivity index (χ4n) is 2.66. The summed E-state index contributed by atoms with van der Waals surface area (Å²) in [6, 6.07) is 7.18. The topological polar surface area (TPSA) is 88.2 Å². The number of carbonyl (C=O) groups excluding carboxylic acids is 2. The first-order valence-corrected chi connectivity index (χ1v) is 6.91. The van der Waals surface area contributed by atoms with Crippen molar-refractivity contribution in [1.82, 2.24) is 20.1 Å². The second-order valence-corrected chi connectivity index (χ2v) is 5.55. The highest BCUT2D eigenvalue weighted by Crippen LogP contribution is 2.29. The number of aromatic amines is 1. The molecule has 1 N–H and O–H groups in total. The number of esters is 1. The first-order chi connectivity index (χ1) is 10.5. The van der Waals surface area contributed by atoms with Gasteiger partial charge in [-0.3, -0.25) is 9.89 Å². The number of aromatic nitrogens is 3. The van der Waals surface area contributed by atoms with Crippen molar-refractivity contribution >= 4 is 11.9 Å². The highest BCUT2D eigenvalue weighted by molar-refractivity contribution is 5.97. The van der Waals surface area contributed by atoms with E-state index in [1.54, 1.807) is 26.1 Å². The Morgan fingerprint density at radius 2 is 2.23 bits per heavy atom. The van der Waals surface area contributed by atoms with Crippen LogP contribution in [0.25, 0.3) is 0 Å². The van der Waals surface area contributed by atoms with Crippen LogP contribution < -0.4 is 0 Å². The molecule has 7 heteroatoms. The molecule has 0 spiro atoms. The molecule has 7 nitrogen and oxygen atoms in total. The molecule has 0 saturated carbocycles. The summed E-state index contributed by atoms with van der Waals surface area (Å²) in [6.45, 7) is 1.91. The van der Waals surface area contributed by atoms with Gasteiger partial charge in [0.15, 0.2) is 5.60 Å². The van der Waals surface area contributed by atoms with Gasteiger partial charge in [-0.05, 0) is 18.6 Å². The molecule has 0 bridgehead atoms. The van der Waals surface area contributed by atoms with E-state index in [-0.39, 0.29) is 12.5 Å². The Morgan fingerprint density at radius 1 is 1.45 bits per heavy atom. The molecule has 3 rings (SSSR count). The van der Waals surface area contributed by atoms with Crippen LogP contribution in [0.15, 0.2) is 30.6 Å². The fraction of sp³-hybridized carbons (Fsp3) is 0.333. The minimum Gasteiger partial charge on any atom is -0.445 e. The molecular weight excluding hydrogens is 284 g/mol. The van der Waals surface area contributed by atoms with E-state index in [2.05, 4.69) is 15.2 Å². The lowest BCUT2D eigenvalue weighted by molar-refractivity contribution is -0.150. The molecule has 1 aromatic carbocycles. The molecule has 1 aromatic heterocycles. The number of benzene rings is 1. The Morgan fingerprint density at radius 3 is 2.95 bits per heavy atom. The summed E-state index contributed by atoms with van der Waals surface area (Å²) >= 11 is 0. The van der Waals surface area contributed by atoms with Crippen LogP contribution in [0, 0.1) is 0 Å². The van der Waals surface area contributed by atoms with E-state index < -0.39 is 11.6 Å². The van der Waals surface area contributed by atoms with Crippen molar-refractivity contribution in [3.05, 3.63) is 47.5 Å². The first kappa shape index (κ1) is 14.2. The lowest BCUT2D eigenvalue weighted by Crippen LogP contribution is -2.52. The summed E-state index contributed by atoms with van der Waals surface area (Å²) in [7, 11) is 1.64. The highest BCUT2D eigenvalue weighted by atomic mass is 16.6. The summed E-state index contributed by atoms with van der Waals surface area (Å²) in [5.41, 5.74) is 0.133. The van der Waals surface area contributed by atoms with Gasteiger partial charge in [0.25, 0.3) is 5.91 Å². The average molecular weight is 300 g/mol. The molecule has 114 valence electrons. The Bertz CT molecular complexity index is 713. The van der Waals surface area contributed by atoms with E-state index in [4.69, 9.17) is 4.74 Å². The van der Waals surface area contributed by atoms with Gasteiger partial charge in [0.1, 0.15) is 12.2 Å². The first-order valence-electron chi connectivity index (χ1n) is 6.91. The number of hydrogen-bond acceptors (Lipinski definition) is 5. The third-order valence-electron chi connectivity index (χ3n) is 3.73. The van der Waals surface area contributed by atoms with Gasteiger partial charge >= 0.3 is 5.97 Å². The van der Waals surface area contributed by atoms with Crippen LogP contribution in [0.1, 0.15) is 28.7 Å². The van der Waals surface area contributed by atoms with Crippen molar-refractivity contribution in [2.24, 2.45) is 0 Å². The molecule has 2 aromatic rings. The monoisotopic (exact) mass is 300 g/mol. The van der Waals surface area contributed by atoms with E-state index in [0.29, 0.717) is 17.8 Å². The Hall–Kier alpha value is -2.70. The van der Waals surface area contributed by atoms with Crippen LogP contribution in [0.2, 0.25) is 0 Å². The minimum absolute atomic E-state index is 0.271. The van der Waals surface area contributed by atoms with Crippen molar-refractivity contribution in [3.63, 3.8) is 0 Å². The Balaban J connectivity index is 1.81. The number of nitrogens with zero attached hydrogens (tertiary/aromatic N) is 3. The quantitative estimate of drug-likeness (QED) is 0.852. The number of fused-ring (bicyclic) bond motifs is 1. The smallest absolute Gasteiger partial charge is 0.339 e. The molecule has 1 amide bonds. The van der Waals surface area contributed by atoms with Crippen molar-refractivity contribution in [2.45, 2.75) is 25.5 Å². The molecule has 1 aliphatic heterocycles. The number of nitrogens with one attached hydrogen (secondary N) is 1. The predicted octanol–water partition coefficient (Wildman–Crippen LogP) is 0.935. The zero-order chi connectivity index (χ0) is 15.7. The lowest BCUT2D eigenvalue weighted by atomic mass is 9.89. The van der Waals surface area contributed by atoms with Gasteiger partial charge in [0.2, 0.25) is 0 Å². The van der Waals surface area contributed by atoms with Gasteiger partial charge in [-0.2, -0.15) is 5.10 Å². The normalized spacial score (nSPS) is 20.2. The van der Waals surface area contributed by atoms with Crippen LogP contribution in [0.4, 0.5) is 0 Å². The molecule has 0 saturated heterocycles. The summed E-state index contributed by atoms with van der Waals surface area (Å²) in [6.07, 6.45) is 1.74. The summed E-state index contributed by atoms with van der Waals surface area (Å²) < 4.78 is 5.43. The van der Waals surface area contributed by atoms with Crippen molar-refractivity contribution < 1.29 is 14.3 Å². The lowest BCUT2D eigenvalue weighted by Gasteiger charge is -2.35. The molecular formula is C15H16N4O3. The third-order valence-corrected chi connectivity index (χ3v) is 3.73. The van der Waals surface area contributed by atoms with Gasteiger partial charge in [-0.15, -0.1) is 0 Å². The molecule has 0 aliphatic carbocycles. The summed E-state index contributed by atoms with van der Waals surface area (Å²) in [5.74, 6) is -0.167. The van der Waals surface area contributed by atoms with Crippen LogP contribution in [-0.4, -0.2) is 44.6 Å². The maximum absolute atomic E-state index is 12.7. The zero-order valence-electron chi connectivity index (χ0n) is 12.4. The molecule has 1 unspecified atom stereocenters. The van der Waals surface area contributed by atoms with E-state index in [1.165, 1.54) is 11.2 Å². The number of carbonyl (C=O) groups is 2. The molecule has 2 heterocycles. The Labute approximate surface area is 127 Å². The minimum atomic E-state index is -1.21. The maximum atomic E-state index is 12.7. The maximum Gasteiger partial charge on any atom is 0.339 e. The molecule has 0 fully saturated rings. The van der Waals surface area contributed by atoms with E-state index in [0.717, 1.165) is 5.56 Å². The molecule has 1 atom stereocenters. The number of ether oxygens (including phenoxy) is 1. The summed E-state index contributed by atoms with van der Waals surface area (Å²) in [5, 5.41) is 6.45. The predicted molar refractivity (Wildman–Crippen MR) is 76.8 cm³/mol. The van der Waals surface area contributed by atoms with Crippen molar-refractivity contribution in [3.8, 4) is 0 Å². The van der Waals surface area contributed by atoms with Crippen molar-refractivity contribution in [1.29, 1.82) is 0 Å². The van der Waals surface area contributed by atoms with Gasteiger partial charge in [0, 0.05) is 13.5 Å². The second kappa shape index (κ2) is 5.25. The number of likely N-dealkylation sites (N-methyl/N-ethyl adjacent to an activating group) is 1. The largest absolute Gasteiger partial charge is 0.445 e. The van der Waals surface area contributed by atoms with Gasteiger partial charge < -0.3 is 9.64 Å². The highest BCUT2D eigenvalue weighted by Gasteiger charge is 2.44. The Kier molecular flexibility index (Phi) is 3.40. The summed E-state index contributed by atoms with van der Waals surface area (Å²) in [4.78, 5) is 30.3. The number of cyclic esters (lactones) is 1. The fourth-order valence-corrected chi connectivity index (χ4v) is 2.66. The van der Waals surface area contributed by atoms with Gasteiger partial charge in [-0.25, -0.2) is 9.78 Å². The molecule has 0 radical (unpaired) electrons. The third kappa shape index (κ3) is 2.45. The van der Waals surface area contributed by atoms with Gasteiger partial charge in [-0.1, -0.05) is 18.2 Å². The zero-order valence-corrected chi connectivity index (χ0v) is 12.4. The van der Waals surface area contributed by atoms with Crippen LogP contribution in [0.3, 0.4) is 0 Å². The van der Waals surface area contributed by atoms with E-state index in [9.17, 15) is 9.59 Å². The molecule has 22 heavy (non-hydrogen) atoms. The van der Waals surface area contributed by atoms with Crippen LogP contribution in [-0.2, 0) is 22.5 Å². The van der Waals surface area contributed by atoms with Crippen molar-refractivity contribution in [2.75, 3.05) is 7.05 Å². The van der Waals surface area contributed by atoms with Crippen LogP contribution in [0.5, 0.6) is 0 Å².